The number of halogens is 1. The minimum absolute atomic E-state index is 0.632. The SMILES string of the molecule is CCCc1nc(-c2cnccn2)nc(NCC)c1I. The fraction of sp³-hybridized carbons (Fsp3) is 0.385. The fourth-order valence-corrected chi connectivity index (χ4v) is 2.41. The van der Waals surface area contributed by atoms with Gasteiger partial charge in [0.05, 0.1) is 15.5 Å². The summed E-state index contributed by atoms with van der Waals surface area (Å²) in [5.41, 5.74) is 1.77. The number of anilines is 1. The minimum Gasteiger partial charge on any atom is -0.369 e. The fourth-order valence-electron chi connectivity index (χ4n) is 1.71. The zero-order chi connectivity index (χ0) is 13.7. The second kappa shape index (κ2) is 6.74. The van der Waals surface area contributed by atoms with Gasteiger partial charge >= 0.3 is 0 Å². The quantitative estimate of drug-likeness (QED) is 0.822. The number of nitrogens with one attached hydrogen (secondary N) is 1. The Morgan fingerprint density at radius 2 is 2.05 bits per heavy atom. The largest absolute Gasteiger partial charge is 0.369 e. The van der Waals surface area contributed by atoms with Crippen LogP contribution in [-0.4, -0.2) is 26.5 Å². The van der Waals surface area contributed by atoms with Crippen molar-refractivity contribution in [2.75, 3.05) is 11.9 Å². The van der Waals surface area contributed by atoms with Crippen molar-refractivity contribution >= 4 is 28.4 Å². The monoisotopic (exact) mass is 369 g/mol. The van der Waals surface area contributed by atoms with Crippen LogP contribution in [0.4, 0.5) is 5.82 Å². The highest BCUT2D eigenvalue weighted by Crippen LogP contribution is 2.23. The maximum atomic E-state index is 4.61. The van der Waals surface area contributed by atoms with Crippen molar-refractivity contribution in [3.05, 3.63) is 27.9 Å². The van der Waals surface area contributed by atoms with Crippen LogP contribution in [0.15, 0.2) is 18.6 Å². The van der Waals surface area contributed by atoms with Crippen molar-refractivity contribution in [3.63, 3.8) is 0 Å². The normalized spacial score (nSPS) is 10.5. The molecule has 5 nitrogen and oxygen atoms in total. The van der Waals surface area contributed by atoms with E-state index in [1.54, 1.807) is 18.6 Å². The zero-order valence-electron chi connectivity index (χ0n) is 11.0. The summed E-state index contributed by atoms with van der Waals surface area (Å²) >= 11 is 2.30. The van der Waals surface area contributed by atoms with E-state index < -0.39 is 0 Å². The van der Waals surface area contributed by atoms with E-state index in [1.807, 2.05) is 0 Å². The Morgan fingerprint density at radius 1 is 1.21 bits per heavy atom. The molecule has 0 saturated carbocycles. The van der Waals surface area contributed by atoms with Gasteiger partial charge in [-0.15, -0.1) is 0 Å². The lowest BCUT2D eigenvalue weighted by atomic mass is 10.2. The third-order valence-electron chi connectivity index (χ3n) is 2.54. The van der Waals surface area contributed by atoms with Crippen molar-refractivity contribution in [1.82, 2.24) is 19.9 Å². The van der Waals surface area contributed by atoms with Crippen molar-refractivity contribution < 1.29 is 0 Å². The molecule has 2 aromatic rings. The van der Waals surface area contributed by atoms with Crippen molar-refractivity contribution in [3.8, 4) is 11.5 Å². The van der Waals surface area contributed by atoms with Crippen LogP contribution >= 0.6 is 22.6 Å². The molecule has 0 atom stereocenters. The van der Waals surface area contributed by atoms with E-state index in [2.05, 4.69) is 61.7 Å². The highest BCUT2D eigenvalue weighted by molar-refractivity contribution is 14.1. The Balaban J connectivity index is 2.49. The van der Waals surface area contributed by atoms with Gasteiger partial charge in [0.25, 0.3) is 0 Å². The summed E-state index contributed by atoms with van der Waals surface area (Å²) in [6, 6.07) is 0. The molecular formula is C13H16IN5. The predicted molar refractivity (Wildman–Crippen MR) is 83.9 cm³/mol. The molecule has 100 valence electrons. The molecule has 6 heteroatoms. The third kappa shape index (κ3) is 3.37. The van der Waals surface area contributed by atoms with Crippen LogP contribution in [0.25, 0.3) is 11.5 Å². The molecule has 2 aromatic heterocycles. The predicted octanol–water partition coefficient (Wildman–Crippen LogP) is 2.92. The molecule has 2 heterocycles. The summed E-state index contributed by atoms with van der Waals surface area (Å²) in [5, 5.41) is 3.28. The van der Waals surface area contributed by atoms with E-state index in [0.29, 0.717) is 11.5 Å². The van der Waals surface area contributed by atoms with Gasteiger partial charge in [-0.05, 0) is 35.9 Å². The number of hydrogen-bond donors (Lipinski definition) is 1. The average molecular weight is 369 g/mol. The molecule has 0 radical (unpaired) electrons. The van der Waals surface area contributed by atoms with E-state index >= 15 is 0 Å². The maximum Gasteiger partial charge on any atom is 0.182 e. The lowest BCUT2D eigenvalue weighted by Gasteiger charge is -2.11. The number of rotatable bonds is 5. The molecule has 0 saturated heterocycles. The summed E-state index contributed by atoms with van der Waals surface area (Å²) in [6.45, 7) is 5.03. The number of aryl methyl sites for hydroxylation is 1. The van der Waals surface area contributed by atoms with E-state index in [1.165, 1.54) is 0 Å². The molecule has 0 aliphatic carbocycles. The van der Waals surface area contributed by atoms with E-state index in [-0.39, 0.29) is 0 Å². The Labute approximate surface area is 126 Å². The van der Waals surface area contributed by atoms with Gasteiger partial charge in [0.2, 0.25) is 0 Å². The second-order valence-corrected chi connectivity index (χ2v) is 5.11. The van der Waals surface area contributed by atoms with Gasteiger partial charge in [-0.1, -0.05) is 13.3 Å². The molecule has 0 aliphatic rings. The van der Waals surface area contributed by atoms with Gasteiger partial charge in [-0.3, -0.25) is 4.98 Å². The molecule has 0 aliphatic heterocycles. The first kappa shape index (κ1) is 14.1. The lowest BCUT2D eigenvalue weighted by Crippen LogP contribution is -2.08. The molecule has 0 amide bonds. The number of aromatic nitrogens is 4. The first-order chi connectivity index (χ1) is 9.26. The first-order valence-electron chi connectivity index (χ1n) is 6.32. The maximum absolute atomic E-state index is 4.61. The summed E-state index contributed by atoms with van der Waals surface area (Å²) in [6.07, 6.45) is 6.98. The van der Waals surface area contributed by atoms with Gasteiger partial charge in [0.15, 0.2) is 5.82 Å². The Morgan fingerprint density at radius 3 is 2.68 bits per heavy atom. The summed E-state index contributed by atoms with van der Waals surface area (Å²) in [4.78, 5) is 17.5. The molecule has 19 heavy (non-hydrogen) atoms. The summed E-state index contributed by atoms with van der Waals surface area (Å²) in [7, 11) is 0. The van der Waals surface area contributed by atoms with Crippen molar-refractivity contribution in [2.24, 2.45) is 0 Å². The minimum atomic E-state index is 0.632. The Kier molecular flexibility index (Phi) is 5.00. The van der Waals surface area contributed by atoms with E-state index in [0.717, 1.165) is 34.5 Å². The van der Waals surface area contributed by atoms with E-state index in [4.69, 9.17) is 0 Å². The highest BCUT2D eigenvalue weighted by Gasteiger charge is 2.13. The van der Waals surface area contributed by atoms with Crippen molar-refractivity contribution in [1.29, 1.82) is 0 Å². The van der Waals surface area contributed by atoms with Crippen LogP contribution in [0.3, 0.4) is 0 Å². The van der Waals surface area contributed by atoms with Crippen LogP contribution in [0, 0.1) is 3.57 Å². The molecule has 0 unspecified atom stereocenters. The van der Waals surface area contributed by atoms with Crippen LogP contribution in [0.1, 0.15) is 26.0 Å². The van der Waals surface area contributed by atoms with Gasteiger partial charge in [-0.25, -0.2) is 15.0 Å². The standard InChI is InChI=1S/C13H16IN5/c1-3-5-9-11(14)13(16-4-2)19-12(18-9)10-8-15-6-7-17-10/h6-8H,3-5H2,1-2H3,(H,16,18,19). The molecule has 0 aromatic carbocycles. The Bertz CT molecular complexity index is 517. The number of hydrogen-bond acceptors (Lipinski definition) is 5. The summed E-state index contributed by atoms with van der Waals surface area (Å²) < 4.78 is 1.09. The summed E-state index contributed by atoms with van der Waals surface area (Å²) in [5.74, 6) is 1.51. The van der Waals surface area contributed by atoms with Crippen LogP contribution in [0.5, 0.6) is 0 Å². The third-order valence-corrected chi connectivity index (χ3v) is 3.68. The highest BCUT2D eigenvalue weighted by atomic mass is 127. The Hall–Kier alpha value is -1.31. The molecule has 0 bridgehead atoms. The lowest BCUT2D eigenvalue weighted by molar-refractivity contribution is 0.865. The van der Waals surface area contributed by atoms with E-state index in [9.17, 15) is 0 Å². The second-order valence-electron chi connectivity index (χ2n) is 4.03. The first-order valence-corrected chi connectivity index (χ1v) is 7.40. The van der Waals surface area contributed by atoms with Crippen molar-refractivity contribution in [2.45, 2.75) is 26.7 Å². The van der Waals surface area contributed by atoms with Crippen LogP contribution in [0.2, 0.25) is 0 Å². The van der Waals surface area contributed by atoms with Crippen LogP contribution in [-0.2, 0) is 6.42 Å². The topological polar surface area (TPSA) is 63.6 Å². The van der Waals surface area contributed by atoms with Gasteiger partial charge < -0.3 is 5.32 Å². The van der Waals surface area contributed by atoms with Gasteiger partial charge in [-0.2, -0.15) is 0 Å². The molecule has 0 spiro atoms. The average Bonchev–Trinajstić information content (AvgIpc) is 2.44. The zero-order valence-corrected chi connectivity index (χ0v) is 13.2. The molecular weight excluding hydrogens is 353 g/mol. The smallest absolute Gasteiger partial charge is 0.182 e. The molecule has 2 rings (SSSR count). The van der Waals surface area contributed by atoms with Gasteiger partial charge in [0, 0.05) is 18.9 Å². The van der Waals surface area contributed by atoms with Gasteiger partial charge in [0.1, 0.15) is 11.5 Å². The number of nitrogens with zero attached hydrogens (tertiary/aromatic N) is 4. The van der Waals surface area contributed by atoms with Crippen LogP contribution < -0.4 is 5.32 Å². The molecule has 1 N–H and O–H groups in total. The molecule has 0 fully saturated rings.